The number of hydrogen-bond acceptors (Lipinski definition) is 3. The molecule has 1 aromatic carbocycles. The van der Waals surface area contributed by atoms with Gasteiger partial charge in [-0.15, -0.1) is 6.58 Å². The van der Waals surface area contributed by atoms with Crippen molar-refractivity contribution in [1.82, 2.24) is 10.3 Å². The molecule has 0 bridgehead atoms. The molecule has 1 aromatic heterocycles. The zero-order valence-electron chi connectivity index (χ0n) is 8.99. The van der Waals surface area contributed by atoms with Crippen molar-refractivity contribution in [3.63, 3.8) is 0 Å². The summed E-state index contributed by atoms with van der Waals surface area (Å²) in [5.41, 5.74) is 1.96. The minimum absolute atomic E-state index is 0.137. The lowest BCUT2D eigenvalue weighted by atomic mass is 10.2. The molecule has 0 spiro atoms. The molecule has 16 heavy (non-hydrogen) atoms. The maximum atomic E-state index is 11.6. The van der Waals surface area contributed by atoms with Gasteiger partial charge in [-0.25, -0.2) is 4.98 Å². The van der Waals surface area contributed by atoms with Gasteiger partial charge in [0.25, 0.3) is 5.91 Å². The second kappa shape index (κ2) is 4.18. The number of fused-ring (bicyclic) bond motifs is 1. The van der Waals surface area contributed by atoms with Gasteiger partial charge in [0.2, 0.25) is 0 Å². The number of aromatic nitrogens is 1. The first kappa shape index (κ1) is 10.4. The van der Waals surface area contributed by atoms with E-state index in [2.05, 4.69) is 16.9 Å². The molecule has 0 aliphatic carbocycles. The summed E-state index contributed by atoms with van der Waals surface area (Å²) in [6, 6.07) is 5.17. The molecule has 0 fully saturated rings. The second-order valence-corrected chi connectivity index (χ2v) is 3.41. The van der Waals surface area contributed by atoms with Gasteiger partial charge in [0.05, 0.1) is 0 Å². The van der Waals surface area contributed by atoms with Crippen LogP contribution in [0.2, 0.25) is 0 Å². The number of carbonyl (C=O) groups excluding carboxylic acids is 1. The van der Waals surface area contributed by atoms with E-state index in [1.54, 1.807) is 31.2 Å². The maximum absolute atomic E-state index is 11.6. The molecule has 0 radical (unpaired) electrons. The number of hydrogen-bond donors (Lipinski definition) is 1. The van der Waals surface area contributed by atoms with Gasteiger partial charge in [-0.05, 0) is 18.2 Å². The van der Waals surface area contributed by atoms with E-state index in [-0.39, 0.29) is 5.91 Å². The van der Waals surface area contributed by atoms with Gasteiger partial charge in [0.15, 0.2) is 11.5 Å². The van der Waals surface area contributed by atoms with E-state index < -0.39 is 0 Å². The fourth-order valence-corrected chi connectivity index (χ4v) is 1.45. The van der Waals surface area contributed by atoms with Gasteiger partial charge in [0.1, 0.15) is 5.52 Å². The summed E-state index contributed by atoms with van der Waals surface area (Å²) in [5, 5.41) is 2.70. The van der Waals surface area contributed by atoms with Crippen LogP contribution in [-0.2, 0) is 0 Å². The highest BCUT2D eigenvalue weighted by Crippen LogP contribution is 2.16. The average Bonchev–Trinajstić information content (AvgIpc) is 2.64. The van der Waals surface area contributed by atoms with E-state index in [4.69, 9.17) is 4.42 Å². The summed E-state index contributed by atoms with van der Waals surface area (Å²) in [5.74, 6) is 0.459. The van der Waals surface area contributed by atoms with Gasteiger partial charge in [-0.3, -0.25) is 4.79 Å². The first-order chi connectivity index (χ1) is 7.70. The van der Waals surface area contributed by atoms with Crippen LogP contribution in [0.3, 0.4) is 0 Å². The first-order valence-electron chi connectivity index (χ1n) is 4.97. The molecule has 4 nitrogen and oxygen atoms in total. The molecule has 1 amide bonds. The maximum Gasteiger partial charge on any atom is 0.251 e. The minimum Gasteiger partial charge on any atom is -0.441 e. The highest BCUT2D eigenvalue weighted by Gasteiger charge is 2.08. The van der Waals surface area contributed by atoms with Gasteiger partial charge < -0.3 is 9.73 Å². The zero-order valence-corrected chi connectivity index (χ0v) is 8.99. The summed E-state index contributed by atoms with van der Waals surface area (Å²) in [6.45, 7) is 5.77. The second-order valence-electron chi connectivity index (χ2n) is 3.41. The first-order valence-corrected chi connectivity index (χ1v) is 4.97. The lowest BCUT2D eigenvalue weighted by Gasteiger charge is -2.01. The van der Waals surface area contributed by atoms with Gasteiger partial charge in [0, 0.05) is 19.0 Å². The number of amides is 1. The molecule has 0 saturated heterocycles. The molecular formula is C12H12N2O2. The van der Waals surface area contributed by atoms with E-state index in [0.29, 0.717) is 29.1 Å². The highest BCUT2D eigenvalue weighted by molar-refractivity contribution is 5.97. The number of oxazole rings is 1. The minimum atomic E-state index is -0.137. The fourth-order valence-electron chi connectivity index (χ4n) is 1.45. The van der Waals surface area contributed by atoms with Crippen molar-refractivity contribution in [3.05, 3.63) is 42.3 Å². The van der Waals surface area contributed by atoms with Crippen LogP contribution in [0.1, 0.15) is 16.2 Å². The van der Waals surface area contributed by atoms with E-state index in [0.717, 1.165) is 0 Å². The van der Waals surface area contributed by atoms with Crippen molar-refractivity contribution >= 4 is 17.0 Å². The molecule has 1 N–H and O–H groups in total. The molecule has 0 atom stereocenters. The Balaban J connectivity index is 2.31. The molecule has 0 aliphatic rings. The smallest absolute Gasteiger partial charge is 0.251 e. The van der Waals surface area contributed by atoms with Crippen LogP contribution in [0.4, 0.5) is 0 Å². The molecule has 0 unspecified atom stereocenters. The van der Waals surface area contributed by atoms with Gasteiger partial charge >= 0.3 is 0 Å². The third-order valence-electron chi connectivity index (χ3n) is 2.16. The van der Waals surface area contributed by atoms with Gasteiger partial charge in [-0.1, -0.05) is 6.08 Å². The Bertz CT molecular complexity index is 543. The Morgan fingerprint density at radius 3 is 3.19 bits per heavy atom. The molecule has 0 aliphatic heterocycles. The van der Waals surface area contributed by atoms with Crippen LogP contribution in [0.25, 0.3) is 11.1 Å². The van der Waals surface area contributed by atoms with Crippen molar-refractivity contribution in [2.45, 2.75) is 6.92 Å². The molecule has 1 heterocycles. The number of rotatable bonds is 3. The quantitative estimate of drug-likeness (QED) is 0.799. The summed E-state index contributed by atoms with van der Waals surface area (Å²) >= 11 is 0. The van der Waals surface area contributed by atoms with Crippen LogP contribution in [0.5, 0.6) is 0 Å². The molecule has 4 heteroatoms. The predicted octanol–water partition coefficient (Wildman–Crippen LogP) is 2.05. The van der Waals surface area contributed by atoms with Crippen molar-refractivity contribution in [3.8, 4) is 0 Å². The van der Waals surface area contributed by atoms with E-state index in [9.17, 15) is 4.79 Å². The molecular weight excluding hydrogens is 204 g/mol. The summed E-state index contributed by atoms with van der Waals surface area (Å²) in [7, 11) is 0. The largest absolute Gasteiger partial charge is 0.441 e. The molecule has 0 saturated carbocycles. The van der Waals surface area contributed by atoms with E-state index in [1.807, 2.05) is 0 Å². The Hall–Kier alpha value is -2.10. The Labute approximate surface area is 93.0 Å². The molecule has 2 aromatic rings. The predicted molar refractivity (Wildman–Crippen MR) is 61.3 cm³/mol. The van der Waals surface area contributed by atoms with E-state index in [1.165, 1.54) is 0 Å². The summed E-state index contributed by atoms with van der Waals surface area (Å²) < 4.78 is 5.32. The van der Waals surface area contributed by atoms with Crippen molar-refractivity contribution in [2.24, 2.45) is 0 Å². The molecule has 82 valence electrons. The normalized spacial score (nSPS) is 10.3. The van der Waals surface area contributed by atoms with Crippen LogP contribution in [0, 0.1) is 6.92 Å². The van der Waals surface area contributed by atoms with Crippen molar-refractivity contribution in [2.75, 3.05) is 6.54 Å². The van der Waals surface area contributed by atoms with E-state index >= 15 is 0 Å². The number of benzene rings is 1. The Morgan fingerprint density at radius 1 is 1.62 bits per heavy atom. The topological polar surface area (TPSA) is 55.1 Å². The molecule has 2 rings (SSSR count). The third-order valence-corrected chi connectivity index (χ3v) is 2.16. The standard InChI is InChI=1S/C12H12N2O2/c1-3-6-13-12(15)9-4-5-11-10(7-9)14-8(2)16-11/h3-5,7H,1,6H2,2H3,(H,13,15). The van der Waals surface area contributed by atoms with Gasteiger partial charge in [-0.2, -0.15) is 0 Å². The SMILES string of the molecule is C=CCNC(=O)c1ccc2oc(C)nc2c1. The van der Waals surface area contributed by atoms with Crippen LogP contribution < -0.4 is 5.32 Å². The fraction of sp³-hybridized carbons (Fsp3) is 0.167. The summed E-state index contributed by atoms with van der Waals surface area (Å²) in [6.07, 6.45) is 1.64. The Morgan fingerprint density at radius 2 is 2.44 bits per heavy atom. The average molecular weight is 216 g/mol. The highest BCUT2D eigenvalue weighted by atomic mass is 16.3. The zero-order chi connectivity index (χ0) is 11.5. The number of nitrogens with one attached hydrogen (secondary N) is 1. The number of aryl methyl sites for hydroxylation is 1. The van der Waals surface area contributed by atoms with Crippen LogP contribution >= 0.6 is 0 Å². The summed E-state index contributed by atoms with van der Waals surface area (Å²) in [4.78, 5) is 15.8. The lowest BCUT2D eigenvalue weighted by Crippen LogP contribution is -2.22. The lowest BCUT2D eigenvalue weighted by molar-refractivity contribution is 0.0958. The monoisotopic (exact) mass is 216 g/mol. The van der Waals surface area contributed by atoms with Crippen LogP contribution in [-0.4, -0.2) is 17.4 Å². The van der Waals surface area contributed by atoms with Crippen LogP contribution in [0.15, 0.2) is 35.3 Å². The number of carbonyl (C=O) groups is 1. The Kier molecular flexibility index (Phi) is 2.72. The van der Waals surface area contributed by atoms with Crippen molar-refractivity contribution in [1.29, 1.82) is 0 Å². The number of nitrogens with zero attached hydrogens (tertiary/aromatic N) is 1. The van der Waals surface area contributed by atoms with Crippen molar-refractivity contribution < 1.29 is 9.21 Å². The third kappa shape index (κ3) is 1.95.